The second kappa shape index (κ2) is 6.56. The van der Waals surface area contributed by atoms with E-state index in [0.717, 1.165) is 5.92 Å². The molecule has 0 heteroatoms. The van der Waals surface area contributed by atoms with Gasteiger partial charge in [-0.3, -0.25) is 0 Å². The average molecular weight is 262 g/mol. The zero-order valence-electron chi connectivity index (χ0n) is 11.9. The van der Waals surface area contributed by atoms with Gasteiger partial charge in [0, 0.05) is 5.92 Å². The lowest BCUT2D eigenvalue weighted by Gasteiger charge is -2.27. The standard InChI is InChI=1S/C20H22/c1-2-6-12-17(11-5-1)20(18-13-7-3-8-14-18)19-15-9-4-10-16-19/h1-4,7-10,13-17,20H,5-6,11-12H2. The van der Waals surface area contributed by atoms with Crippen LogP contribution in [-0.2, 0) is 0 Å². The van der Waals surface area contributed by atoms with Gasteiger partial charge in [-0.25, -0.2) is 0 Å². The highest BCUT2D eigenvalue weighted by molar-refractivity contribution is 5.33. The molecule has 0 spiro atoms. The predicted molar refractivity (Wildman–Crippen MR) is 85.8 cm³/mol. The van der Waals surface area contributed by atoms with Gasteiger partial charge in [-0.1, -0.05) is 72.8 Å². The van der Waals surface area contributed by atoms with Crippen LogP contribution in [0.15, 0.2) is 72.8 Å². The molecule has 1 aliphatic rings. The van der Waals surface area contributed by atoms with E-state index >= 15 is 0 Å². The summed E-state index contributed by atoms with van der Waals surface area (Å²) in [5, 5.41) is 0. The fourth-order valence-corrected chi connectivity index (χ4v) is 3.39. The van der Waals surface area contributed by atoms with Gasteiger partial charge in [0.1, 0.15) is 0 Å². The van der Waals surface area contributed by atoms with E-state index in [1.165, 1.54) is 36.8 Å². The summed E-state index contributed by atoms with van der Waals surface area (Å²) in [6.45, 7) is 0. The van der Waals surface area contributed by atoms with Gasteiger partial charge in [0.15, 0.2) is 0 Å². The van der Waals surface area contributed by atoms with Crippen molar-refractivity contribution in [1.29, 1.82) is 0 Å². The van der Waals surface area contributed by atoms with Gasteiger partial charge in [-0.15, -0.1) is 0 Å². The third-order valence-corrected chi connectivity index (χ3v) is 4.36. The summed E-state index contributed by atoms with van der Waals surface area (Å²) in [5.41, 5.74) is 2.93. The van der Waals surface area contributed by atoms with E-state index in [4.69, 9.17) is 0 Å². The van der Waals surface area contributed by atoms with Crippen molar-refractivity contribution in [2.45, 2.75) is 31.6 Å². The van der Waals surface area contributed by atoms with Crippen LogP contribution in [0.3, 0.4) is 0 Å². The van der Waals surface area contributed by atoms with Crippen LogP contribution in [0, 0.1) is 5.92 Å². The number of benzene rings is 2. The fraction of sp³-hybridized carbons (Fsp3) is 0.300. The molecule has 0 amide bonds. The maximum atomic E-state index is 2.35. The van der Waals surface area contributed by atoms with Crippen molar-refractivity contribution in [2.75, 3.05) is 0 Å². The van der Waals surface area contributed by atoms with Gasteiger partial charge in [0.05, 0.1) is 0 Å². The van der Waals surface area contributed by atoms with Gasteiger partial charge >= 0.3 is 0 Å². The lowest BCUT2D eigenvalue weighted by atomic mass is 9.77. The average Bonchev–Trinajstić information content (AvgIpc) is 2.79. The van der Waals surface area contributed by atoms with Crippen molar-refractivity contribution in [3.63, 3.8) is 0 Å². The van der Waals surface area contributed by atoms with Crippen molar-refractivity contribution in [3.8, 4) is 0 Å². The van der Waals surface area contributed by atoms with Gasteiger partial charge < -0.3 is 0 Å². The maximum Gasteiger partial charge on any atom is 0.0118 e. The van der Waals surface area contributed by atoms with E-state index in [-0.39, 0.29) is 0 Å². The Kier molecular flexibility index (Phi) is 4.32. The van der Waals surface area contributed by atoms with Crippen LogP contribution >= 0.6 is 0 Å². The predicted octanol–water partition coefficient (Wildman–Crippen LogP) is 5.56. The molecule has 0 fully saturated rings. The first-order valence-electron chi connectivity index (χ1n) is 7.70. The molecule has 102 valence electrons. The second-order valence-electron chi connectivity index (χ2n) is 5.69. The lowest BCUT2D eigenvalue weighted by molar-refractivity contribution is 0.417. The molecule has 0 N–H and O–H groups in total. The zero-order chi connectivity index (χ0) is 13.6. The first-order valence-corrected chi connectivity index (χ1v) is 7.70. The van der Waals surface area contributed by atoms with Crippen LogP contribution in [0.25, 0.3) is 0 Å². The normalized spacial score (nSPS) is 16.2. The highest BCUT2D eigenvalue weighted by Gasteiger charge is 2.24. The van der Waals surface area contributed by atoms with Crippen LogP contribution in [-0.4, -0.2) is 0 Å². The van der Waals surface area contributed by atoms with Gasteiger partial charge in [0.2, 0.25) is 0 Å². The van der Waals surface area contributed by atoms with E-state index in [0.29, 0.717) is 5.92 Å². The highest BCUT2D eigenvalue weighted by atomic mass is 14.3. The molecule has 0 aliphatic heterocycles. The molecule has 0 saturated carbocycles. The first-order chi connectivity index (χ1) is 9.95. The fourth-order valence-electron chi connectivity index (χ4n) is 3.39. The van der Waals surface area contributed by atoms with Gasteiger partial charge in [0.25, 0.3) is 0 Å². The van der Waals surface area contributed by atoms with Crippen LogP contribution in [0.2, 0.25) is 0 Å². The van der Waals surface area contributed by atoms with Crippen molar-refractivity contribution < 1.29 is 0 Å². The number of allylic oxidation sites excluding steroid dienone is 2. The van der Waals surface area contributed by atoms with E-state index in [1.54, 1.807) is 0 Å². The smallest absolute Gasteiger partial charge is 0.0118 e. The molecule has 0 aromatic heterocycles. The minimum Gasteiger partial charge on any atom is -0.0885 e. The van der Waals surface area contributed by atoms with E-state index in [1.807, 2.05) is 0 Å². The molecule has 0 radical (unpaired) electrons. The maximum absolute atomic E-state index is 2.35. The van der Waals surface area contributed by atoms with Gasteiger partial charge in [-0.05, 0) is 42.7 Å². The quantitative estimate of drug-likeness (QED) is 0.635. The van der Waals surface area contributed by atoms with Crippen molar-refractivity contribution >= 4 is 0 Å². The molecule has 20 heavy (non-hydrogen) atoms. The molecule has 3 rings (SSSR count). The molecule has 0 nitrogen and oxygen atoms in total. The molecule has 0 atom stereocenters. The summed E-state index contributed by atoms with van der Waals surface area (Å²) in [5.74, 6) is 1.28. The van der Waals surface area contributed by atoms with Crippen molar-refractivity contribution in [2.24, 2.45) is 5.92 Å². The Morgan fingerprint density at radius 3 is 1.55 bits per heavy atom. The SMILES string of the molecule is C1=CCCC(C(c2ccccc2)c2ccccc2)CC1. The minimum absolute atomic E-state index is 0.539. The molecular formula is C20H22. The summed E-state index contributed by atoms with van der Waals surface area (Å²) < 4.78 is 0. The van der Waals surface area contributed by atoms with Crippen LogP contribution in [0.4, 0.5) is 0 Å². The molecule has 0 heterocycles. The Morgan fingerprint density at radius 2 is 1.10 bits per heavy atom. The Labute approximate surface area is 122 Å². The van der Waals surface area contributed by atoms with Gasteiger partial charge in [-0.2, -0.15) is 0 Å². The van der Waals surface area contributed by atoms with E-state index in [2.05, 4.69) is 72.8 Å². The Balaban J connectivity index is 1.95. The minimum atomic E-state index is 0.539. The Morgan fingerprint density at radius 1 is 0.650 bits per heavy atom. The van der Waals surface area contributed by atoms with Crippen molar-refractivity contribution in [1.82, 2.24) is 0 Å². The van der Waals surface area contributed by atoms with E-state index in [9.17, 15) is 0 Å². The molecule has 0 unspecified atom stereocenters. The van der Waals surface area contributed by atoms with Crippen LogP contribution in [0.5, 0.6) is 0 Å². The molecule has 2 aromatic rings. The number of hydrogen-bond acceptors (Lipinski definition) is 0. The third-order valence-electron chi connectivity index (χ3n) is 4.36. The summed E-state index contributed by atoms with van der Waals surface area (Å²) in [4.78, 5) is 0. The molecular weight excluding hydrogens is 240 g/mol. The summed E-state index contributed by atoms with van der Waals surface area (Å²) >= 11 is 0. The first kappa shape index (κ1) is 13.2. The van der Waals surface area contributed by atoms with Crippen molar-refractivity contribution in [3.05, 3.63) is 83.9 Å². The van der Waals surface area contributed by atoms with Crippen LogP contribution < -0.4 is 0 Å². The van der Waals surface area contributed by atoms with Crippen LogP contribution in [0.1, 0.15) is 42.7 Å². The number of hydrogen-bond donors (Lipinski definition) is 0. The second-order valence-corrected chi connectivity index (χ2v) is 5.69. The monoisotopic (exact) mass is 262 g/mol. The van der Waals surface area contributed by atoms with E-state index < -0.39 is 0 Å². The zero-order valence-corrected chi connectivity index (χ0v) is 11.9. The summed E-state index contributed by atoms with van der Waals surface area (Å²) in [6.07, 6.45) is 9.75. The highest BCUT2D eigenvalue weighted by Crippen LogP contribution is 2.38. The topological polar surface area (TPSA) is 0 Å². The Hall–Kier alpha value is -1.82. The molecule has 0 bridgehead atoms. The molecule has 0 saturated heterocycles. The molecule has 1 aliphatic carbocycles. The number of rotatable bonds is 3. The largest absolute Gasteiger partial charge is 0.0885 e. The Bertz CT molecular complexity index is 489. The lowest BCUT2D eigenvalue weighted by Crippen LogP contribution is -2.14. The summed E-state index contributed by atoms with van der Waals surface area (Å²) in [7, 11) is 0. The molecule has 2 aromatic carbocycles. The summed E-state index contributed by atoms with van der Waals surface area (Å²) in [6, 6.07) is 22.0. The third kappa shape index (κ3) is 3.01.